The molecule has 1 amide bonds. The summed E-state index contributed by atoms with van der Waals surface area (Å²) in [5, 5.41) is 0.0576. The first-order chi connectivity index (χ1) is 22.9. The fourth-order valence-corrected chi connectivity index (χ4v) is 6.77. The van der Waals surface area contributed by atoms with Gasteiger partial charge in [-0.05, 0) is 113 Å². The number of methoxy groups -OCH3 is 2. The molecule has 1 aliphatic rings. The van der Waals surface area contributed by atoms with Crippen molar-refractivity contribution >= 4 is 20.4 Å². The van der Waals surface area contributed by atoms with Crippen molar-refractivity contribution in [1.29, 1.82) is 0 Å². The van der Waals surface area contributed by atoms with E-state index in [1.807, 2.05) is 69.3 Å². The Morgan fingerprint density at radius 2 is 1.47 bits per heavy atom. The number of carbonyl (C=O) groups is 2. The Labute approximate surface area is 292 Å². The second kappa shape index (κ2) is 15.2. The van der Waals surface area contributed by atoms with E-state index in [1.165, 1.54) is 11.8 Å². The van der Waals surface area contributed by atoms with Gasteiger partial charge in [0.2, 0.25) is 0 Å². The third-order valence-corrected chi connectivity index (χ3v) is 14.1. The minimum Gasteiger partial charge on any atom is -0.497 e. The Bertz CT molecular complexity index is 1570. The molecule has 1 aromatic heterocycles. The number of benzene rings is 2. The number of likely N-dealkylation sites (tertiary alicyclic amines) is 1. The van der Waals surface area contributed by atoms with Crippen molar-refractivity contribution in [2.45, 2.75) is 90.5 Å². The molecule has 0 radical (unpaired) electrons. The maximum atomic E-state index is 13.2. The molecule has 49 heavy (non-hydrogen) atoms. The highest BCUT2D eigenvalue weighted by molar-refractivity contribution is 6.74. The van der Waals surface area contributed by atoms with Gasteiger partial charge in [-0.25, -0.2) is 19.2 Å². The minimum atomic E-state index is -2.03. The van der Waals surface area contributed by atoms with Crippen molar-refractivity contribution in [3.63, 3.8) is 0 Å². The number of carbonyl (C=O) groups excluding carboxylic acids is 2. The number of nitrogens with two attached hydrogens (primary N) is 1. The molecule has 3 aromatic rings. The highest BCUT2D eigenvalue weighted by Gasteiger charge is 2.39. The van der Waals surface area contributed by atoms with Gasteiger partial charge in [0, 0.05) is 31.2 Å². The lowest BCUT2D eigenvalue weighted by molar-refractivity contribution is 0.0168. The summed E-state index contributed by atoms with van der Waals surface area (Å²) in [7, 11) is 0.927. The number of ether oxygens (including phenoxy) is 4. The quantitative estimate of drug-likeness (QED) is 0.121. The maximum Gasteiger partial charge on any atom is 0.410 e. The van der Waals surface area contributed by atoms with Crippen LogP contribution in [0.1, 0.15) is 83.0 Å². The minimum absolute atomic E-state index is 0.0576. The monoisotopic (exact) mass is 694 g/mol. The van der Waals surface area contributed by atoms with Crippen molar-refractivity contribution in [3.05, 3.63) is 60.0 Å². The van der Waals surface area contributed by atoms with Crippen LogP contribution in [0, 0.1) is 5.92 Å². The van der Waals surface area contributed by atoms with E-state index in [0.717, 1.165) is 18.6 Å². The third-order valence-electron chi connectivity index (χ3n) is 9.53. The van der Waals surface area contributed by atoms with Gasteiger partial charge in [0.15, 0.2) is 14.0 Å². The van der Waals surface area contributed by atoms with Crippen LogP contribution in [0.2, 0.25) is 18.1 Å². The zero-order valence-electron chi connectivity index (χ0n) is 30.8. The van der Waals surface area contributed by atoms with E-state index in [4.69, 9.17) is 34.2 Å². The average Bonchev–Trinajstić information content (AvgIpc) is 3.38. The van der Waals surface area contributed by atoms with Gasteiger partial charge in [0.05, 0.1) is 14.2 Å². The van der Waals surface area contributed by atoms with Crippen LogP contribution in [0.4, 0.5) is 4.79 Å². The molecule has 2 heterocycles. The van der Waals surface area contributed by atoms with Gasteiger partial charge in [0.1, 0.15) is 34.4 Å². The van der Waals surface area contributed by atoms with E-state index in [1.54, 1.807) is 12.0 Å². The van der Waals surface area contributed by atoms with Crippen LogP contribution in [0.3, 0.4) is 0 Å². The lowest BCUT2D eigenvalue weighted by Crippen LogP contribution is -2.43. The van der Waals surface area contributed by atoms with Crippen LogP contribution in [0.15, 0.2) is 48.5 Å². The smallest absolute Gasteiger partial charge is 0.410 e. The van der Waals surface area contributed by atoms with E-state index in [0.29, 0.717) is 54.7 Å². The summed E-state index contributed by atoms with van der Waals surface area (Å²) in [6, 6.07) is 14.7. The number of piperidine rings is 1. The Kier molecular flexibility index (Phi) is 11.8. The molecule has 0 bridgehead atoms. The molecule has 0 aliphatic carbocycles. The summed E-state index contributed by atoms with van der Waals surface area (Å²) in [6.07, 6.45) is 1.82. The predicted molar refractivity (Wildman–Crippen MR) is 193 cm³/mol. The van der Waals surface area contributed by atoms with Gasteiger partial charge >= 0.3 is 12.1 Å². The van der Waals surface area contributed by atoms with Gasteiger partial charge in [-0.2, -0.15) is 0 Å². The highest BCUT2D eigenvalue weighted by Crippen LogP contribution is 2.40. The number of rotatable bonds is 11. The van der Waals surface area contributed by atoms with E-state index < -0.39 is 19.9 Å². The summed E-state index contributed by atoms with van der Waals surface area (Å²) in [4.78, 5) is 32.9. The fourth-order valence-electron chi connectivity index (χ4n) is 5.71. The molecule has 1 saturated heterocycles. The Morgan fingerprint density at radius 1 is 0.918 bits per heavy atom. The Balaban J connectivity index is 1.64. The first-order valence-electron chi connectivity index (χ1n) is 16.9. The molecule has 11 nitrogen and oxygen atoms in total. The molecular formula is C37H54N4O7Si. The number of esters is 1. The van der Waals surface area contributed by atoms with Crippen molar-refractivity contribution < 1.29 is 33.0 Å². The van der Waals surface area contributed by atoms with E-state index >= 15 is 0 Å². The highest BCUT2D eigenvalue weighted by atomic mass is 28.4. The number of nitrogen functional groups attached to an aromatic ring is 1. The number of hydrogen-bond donors (Lipinski definition) is 1. The maximum absolute atomic E-state index is 13.2. The largest absolute Gasteiger partial charge is 0.497 e. The summed E-state index contributed by atoms with van der Waals surface area (Å²) in [6.45, 7) is 18.4. The van der Waals surface area contributed by atoms with Crippen LogP contribution in [-0.2, 0) is 13.9 Å². The molecule has 0 spiro atoms. The van der Waals surface area contributed by atoms with Crippen LogP contribution in [0.25, 0.3) is 11.3 Å². The topological polar surface area (TPSA) is 127 Å². The average molecular weight is 695 g/mol. The van der Waals surface area contributed by atoms with Gasteiger partial charge in [-0.1, -0.05) is 20.8 Å². The van der Waals surface area contributed by atoms with Crippen molar-refractivity contribution in [2.24, 2.45) is 5.92 Å². The summed E-state index contributed by atoms with van der Waals surface area (Å²) >= 11 is 0. The number of imidazole rings is 1. The van der Waals surface area contributed by atoms with Crippen LogP contribution in [0.5, 0.6) is 17.2 Å². The molecule has 2 aromatic carbocycles. The van der Waals surface area contributed by atoms with Crippen molar-refractivity contribution in [1.82, 2.24) is 14.6 Å². The van der Waals surface area contributed by atoms with Gasteiger partial charge < -0.3 is 34.1 Å². The molecule has 12 heteroatoms. The van der Waals surface area contributed by atoms with Crippen LogP contribution in [-0.4, -0.2) is 74.5 Å². The summed E-state index contributed by atoms with van der Waals surface area (Å²) in [5.41, 5.74) is 0.733. The molecule has 1 aliphatic heterocycles. The van der Waals surface area contributed by atoms with E-state index in [-0.39, 0.29) is 28.7 Å². The first-order valence-corrected chi connectivity index (χ1v) is 19.8. The summed E-state index contributed by atoms with van der Waals surface area (Å²) < 4.78 is 30.1. The van der Waals surface area contributed by atoms with Gasteiger partial charge in [-0.3, -0.25) is 0 Å². The van der Waals surface area contributed by atoms with Crippen LogP contribution < -0.4 is 15.3 Å². The zero-order valence-corrected chi connectivity index (χ0v) is 31.8. The number of hydrogen-bond acceptors (Lipinski definition) is 9. The molecule has 1 atom stereocenters. The van der Waals surface area contributed by atoms with Crippen molar-refractivity contribution in [3.8, 4) is 28.5 Å². The molecule has 268 valence electrons. The lowest BCUT2D eigenvalue weighted by atomic mass is 9.82. The normalized spacial score (nSPS) is 15.1. The molecule has 0 saturated carbocycles. The van der Waals surface area contributed by atoms with Crippen molar-refractivity contribution in [2.75, 3.05) is 39.8 Å². The molecular weight excluding hydrogens is 641 g/mol. The second-order valence-electron chi connectivity index (χ2n) is 15.1. The standard InChI is InChI=1S/C37H54N4O7Si/c1-36(2,3)48-35(43)40-22-19-25(20-23-40)30(21-24-46-49(9,10)37(4,5)6)33-39-31(32(41(33)38)34(42)45-8)26-11-13-28(14-12-26)47-29-17-15-27(44-7)16-18-29/h11-18,25,30H,19-24,38H2,1-10H3. The number of amides is 1. The Hall–Kier alpha value is -4.03. The second-order valence-corrected chi connectivity index (χ2v) is 19.9. The first kappa shape index (κ1) is 37.8. The van der Waals surface area contributed by atoms with Gasteiger partial charge in [0.25, 0.3) is 0 Å². The van der Waals surface area contributed by atoms with E-state index in [9.17, 15) is 9.59 Å². The Morgan fingerprint density at radius 3 is 1.98 bits per heavy atom. The molecule has 2 N–H and O–H groups in total. The SMILES string of the molecule is COC(=O)c1c(-c2ccc(Oc3ccc(OC)cc3)cc2)nc(C(CCO[Si](C)(C)C(C)(C)C)C2CCN(C(=O)OC(C)(C)C)CC2)n1N. The molecule has 1 unspecified atom stereocenters. The van der Waals surface area contributed by atoms with Gasteiger partial charge in [-0.15, -0.1) is 0 Å². The summed E-state index contributed by atoms with van der Waals surface area (Å²) in [5.74, 6) is 8.80. The van der Waals surface area contributed by atoms with Crippen LogP contribution >= 0.6 is 0 Å². The number of nitrogens with zero attached hydrogens (tertiary/aromatic N) is 3. The third kappa shape index (κ3) is 9.36. The lowest BCUT2D eigenvalue weighted by Gasteiger charge is -2.38. The predicted octanol–water partition coefficient (Wildman–Crippen LogP) is 7.99. The number of aromatic nitrogens is 2. The molecule has 4 rings (SSSR count). The fraction of sp³-hybridized carbons (Fsp3) is 0.541. The zero-order chi connectivity index (χ0) is 36.1. The van der Waals surface area contributed by atoms with E-state index in [2.05, 4.69) is 33.9 Å². The molecule has 1 fully saturated rings.